The first-order chi connectivity index (χ1) is 9.46. The maximum Gasteiger partial charge on any atom is 0.208 e. The van der Waals surface area contributed by atoms with Gasteiger partial charge in [-0.15, -0.1) is 0 Å². The van der Waals surface area contributed by atoms with E-state index in [-0.39, 0.29) is 6.04 Å². The third-order valence-electron chi connectivity index (χ3n) is 3.36. The van der Waals surface area contributed by atoms with Crippen LogP contribution < -0.4 is 4.72 Å². The molecule has 0 amide bonds. The number of ether oxygens (including phenoxy) is 1. The summed E-state index contributed by atoms with van der Waals surface area (Å²) in [6.07, 6.45) is 2.08. The summed E-state index contributed by atoms with van der Waals surface area (Å²) in [5.41, 5.74) is 2.40. The molecular weight excluding hydrogens is 276 g/mol. The van der Waals surface area contributed by atoms with Crippen molar-refractivity contribution in [1.82, 2.24) is 9.62 Å². The average Bonchev–Trinajstić information content (AvgIpc) is 2.75. The Morgan fingerprint density at radius 3 is 2.85 bits per heavy atom. The fraction of sp³-hybridized carbons (Fsp3) is 0.571. The SMILES string of the molecule is COCc1cccc(CN2CCC(NS(C)(=O)=O)C2)c1. The number of sulfonamides is 1. The van der Waals surface area contributed by atoms with Crippen LogP contribution >= 0.6 is 0 Å². The Labute approximate surface area is 121 Å². The van der Waals surface area contributed by atoms with E-state index in [0.29, 0.717) is 6.61 Å². The van der Waals surface area contributed by atoms with Crippen LogP contribution in [0.3, 0.4) is 0 Å². The lowest BCUT2D eigenvalue weighted by Gasteiger charge is -2.16. The van der Waals surface area contributed by atoms with Crippen molar-refractivity contribution < 1.29 is 13.2 Å². The lowest BCUT2D eigenvalue weighted by atomic mass is 10.1. The van der Waals surface area contributed by atoms with E-state index < -0.39 is 10.0 Å². The highest BCUT2D eigenvalue weighted by Crippen LogP contribution is 2.15. The summed E-state index contributed by atoms with van der Waals surface area (Å²) in [6, 6.07) is 8.35. The molecular formula is C14H22N2O3S. The molecule has 1 saturated heterocycles. The number of methoxy groups -OCH3 is 1. The van der Waals surface area contributed by atoms with Crippen LogP contribution in [0.4, 0.5) is 0 Å². The molecule has 0 bridgehead atoms. The van der Waals surface area contributed by atoms with E-state index >= 15 is 0 Å². The van der Waals surface area contributed by atoms with Gasteiger partial charge in [-0.1, -0.05) is 24.3 Å². The van der Waals surface area contributed by atoms with Gasteiger partial charge < -0.3 is 4.74 Å². The normalized spacial score (nSPS) is 20.4. The molecule has 0 radical (unpaired) electrons. The number of benzene rings is 1. The van der Waals surface area contributed by atoms with E-state index in [1.165, 1.54) is 11.8 Å². The van der Waals surface area contributed by atoms with Crippen molar-refractivity contribution in [2.24, 2.45) is 0 Å². The van der Waals surface area contributed by atoms with Gasteiger partial charge in [0, 0.05) is 32.8 Å². The molecule has 0 saturated carbocycles. The van der Waals surface area contributed by atoms with Crippen molar-refractivity contribution in [3.8, 4) is 0 Å². The third kappa shape index (κ3) is 4.86. The standard InChI is InChI=1S/C14H22N2O3S/c1-19-11-13-5-3-4-12(8-13)9-16-7-6-14(10-16)15-20(2,17)18/h3-5,8,14-15H,6-7,9-11H2,1-2H3. The molecule has 1 fully saturated rings. The van der Waals surface area contributed by atoms with E-state index in [9.17, 15) is 8.42 Å². The highest BCUT2D eigenvalue weighted by atomic mass is 32.2. The number of hydrogen-bond donors (Lipinski definition) is 1. The third-order valence-corrected chi connectivity index (χ3v) is 4.12. The van der Waals surface area contributed by atoms with Crippen molar-refractivity contribution >= 4 is 10.0 Å². The average molecular weight is 298 g/mol. The lowest BCUT2D eigenvalue weighted by Crippen LogP contribution is -2.36. The monoisotopic (exact) mass is 298 g/mol. The summed E-state index contributed by atoms with van der Waals surface area (Å²) in [6.45, 7) is 3.15. The van der Waals surface area contributed by atoms with Gasteiger partial charge >= 0.3 is 0 Å². The first kappa shape index (κ1) is 15.4. The number of hydrogen-bond acceptors (Lipinski definition) is 4. The Kier molecular flexibility index (Phi) is 5.15. The fourth-order valence-electron chi connectivity index (χ4n) is 2.62. The largest absolute Gasteiger partial charge is 0.380 e. The van der Waals surface area contributed by atoms with Gasteiger partial charge in [0.1, 0.15) is 0 Å². The maximum absolute atomic E-state index is 11.2. The minimum absolute atomic E-state index is 0.0344. The molecule has 1 N–H and O–H groups in total. The van der Waals surface area contributed by atoms with Crippen molar-refractivity contribution in [3.63, 3.8) is 0 Å². The Hall–Kier alpha value is -0.950. The van der Waals surface area contributed by atoms with Gasteiger partial charge in [-0.05, 0) is 17.5 Å². The van der Waals surface area contributed by atoms with Gasteiger partial charge in [0.15, 0.2) is 0 Å². The predicted octanol–water partition coefficient (Wildman–Crippen LogP) is 0.957. The van der Waals surface area contributed by atoms with Crippen molar-refractivity contribution in [1.29, 1.82) is 0 Å². The predicted molar refractivity (Wildman–Crippen MR) is 78.8 cm³/mol. The molecule has 6 heteroatoms. The number of nitrogens with zero attached hydrogens (tertiary/aromatic N) is 1. The van der Waals surface area contributed by atoms with E-state index in [2.05, 4.69) is 21.8 Å². The van der Waals surface area contributed by atoms with Gasteiger partial charge in [0.05, 0.1) is 12.9 Å². The van der Waals surface area contributed by atoms with Gasteiger partial charge in [-0.2, -0.15) is 0 Å². The summed E-state index contributed by atoms with van der Waals surface area (Å²) in [5, 5.41) is 0. The molecule has 1 atom stereocenters. The van der Waals surface area contributed by atoms with Crippen LogP contribution in [0.25, 0.3) is 0 Å². The van der Waals surface area contributed by atoms with Gasteiger partial charge in [-0.3, -0.25) is 4.90 Å². The second-order valence-electron chi connectivity index (χ2n) is 5.36. The van der Waals surface area contributed by atoms with Crippen LogP contribution in [0.1, 0.15) is 17.5 Å². The second-order valence-corrected chi connectivity index (χ2v) is 7.14. The quantitative estimate of drug-likeness (QED) is 0.850. The first-order valence-corrected chi connectivity index (χ1v) is 8.62. The van der Waals surface area contributed by atoms with Gasteiger partial charge in [0.25, 0.3) is 0 Å². The highest BCUT2D eigenvalue weighted by Gasteiger charge is 2.24. The molecule has 1 aromatic carbocycles. The maximum atomic E-state index is 11.2. The first-order valence-electron chi connectivity index (χ1n) is 6.72. The Bertz CT molecular complexity index is 545. The van der Waals surface area contributed by atoms with Crippen molar-refractivity contribution in [2.75, 3.05) is 26.5 Å². The number of rotatable bonds is 6. The molecule has 1 heterocycles. The molecule has 2 rings (SSSR count). The Balaban J connectivity index is 1.90. The van der Waals surface area contributed by atoms with E-state index in [0.717, 1.165) is 31.6 Å². The van der Waals surface area contributed by atoms with Crippen LogP contribution in [0.2, 0.25) is 0 Å². The zero-order valence-corrected chi connectivity index (χ0v) is 12.8. The van der Waals surface area contributed by atoms with Gasteiger partial charge in [-0.25, -0.2) is 13.1 Å². The smallest absolute Gasteiger partial charge is 0.208 e. The highest BCUT2D eigenvalue weighted by molar-refractivity contribution is 7.88. The summed E-state index contributed by atoms with van der Waals surface area (Å²) >= 11 is 0. The molecule has 0 aromatic heterocycles. The molecule has 1 aliphatic heterocycles. The van der Waals surface area contributed by atoms with E-state index in [1.54, 1.807) is 7.11 Å². The molecule has 20 heavy (non-hydrogen) atoms. The van der Waals surface area contributed by atoms with Crippen LogP contribution in [-0.4, -0.2) is 45.8 Å². The van der Waals surface area contributed by atoms with E-state index in [1.807, 2.05) is 12.1 Å². The van der Waals surface area contributed by atoms with Gasteiger partial charge in [0.2, 0.25) is 10.0 Å². The van der Waals surface area contributed by atoms with Crippen molar-refractivity contribution in [2.45, 2.75) is 25.6 Å². The minimum atomic E-state index is -3.11. The summed E-state index contributed by atoms with van der Waals surface area (Å²) < 4.78 is 30.3. The molecule has 5 nitrogen and oxygen atoms in total. The molecule has 1 aliphatic rings. The fourth-order valence-corrected chi connectivity index (χ4v) is 3.42. The zero-order valence-electron chi connectivity index (χ0n) is 12.0. The molecule has 1 unspecified atom stereocenters. The van der Waals surface area contributed by atoms with Crippen LogP contribution in [0.15, 0.2) is 24.3 Å². The molecule has 0 aliphatic carbocycles. The zero-order chi connectivity index (χ0) is 14.6. The Morgan fingerprint density at radius 2 is 2.15 bits per heavy atom. The van der Waals surface area contributed by atoms with Crippen molar-refractivity contribution in [3.05, 3.63) is 35.4 Å². The minimum Gasteiger partial charge on any atom is -0.380 e. The van der Waals surface area contributed by atoms with E-state index in [4.69, 9.17) is 4.74 Å². The molecule has 112 valence electrons. The molecule has 1 aromatic rings. The summed E-state index contributed by atoms with van der Waals surface area (Å²) in [7, 11) is -1.42. The number of likely N-dealkylation sites (tertiary alicyclic amines) is 1. The number of nitrogens with one attached hydrogen (secondary N) is 1. The summed E-state index contributed by atoms with van der Waals surface area (Å²) in [5.74, 6) is 0. The van der Waals surface area contributed by atoms with Crippen LogP contribution in [0.5, 0.6) is 0 Å². The topological polar surface area (TPSA) is 58.6 Å². The molecule has 0 spiro atoms. The lowest BCUT2D eigenvalue weighted by molar-refractivity contribution is 0.184. The summed E-state index contributed by atoms with van der Waals surface area (Å²) in [4.78, 5) is 2.27. The van der Waals surface area contributed by atoms with Crippen LogP contribution in [0, 0.1) is 0 Å². The Morgan fingerprint density at radius 1 is 1.40 bits per heavy atom. The van der Waals surface area contributed by atoms with Crippen LogP contribution in [-0.2, 0) is 27.9 Å². The second kappa shape index (κ2) is 6.67.